The monoisotopic (exact) mass is 357 g/mol. The minimum atomic E-state index is -3.66. The highest BCUT2D eigenvalue weighted by molar-refractivity contribution is 7.92. The molecular weight excluding hydrogens is 342 g/mol. The fraction of sp³-hybridized carbons (Fsp3) is 0.267. The number of hydrogen-bond acceptors (Lipinski definition) is 4. The van der Waals surface area contributed by atoms with Crippen LogP contribution < -0.4 is 0 Å². The molecule has 2 rings (SSSR count). The first kappa shape index (κ1) is 17.0. The molecule has 1 aromatic heterocycles. The molecule has 0 unspecified atom stereocenters. The van der Waals surface area contributed by atoms with E-state index in [9.17, 15) is 13.2 Å². The number of benzene rings is 1. The molecule has 0 N–H and O–H groups in total. The summed E-state index contributed by atoms with van der Waals surface area (Å²) < 4.78 is 24.5. The lowest BCUT2D eigenvalue weighted by Crippen LogP contribution is -2.32. The summed E-state index contributed by atoms with van der Waals surface area (Å²) in [6.07, 6.45) is 0. The third-order valence-corrected chi connectivity index (χ3v) is 6.14. The summed E-state index contributed by atoms with van der Waals surface area (Å²) in [5.41, 5.74) is 1.10. The summed E-state index contributed by atoms with van der Waals surface area (Å²) in [4.78, 5) is 14.8. The molecule has 0 atom stereocenters. The average Bonchev–Trinajstić information content (AvgIpc) is 2.84. The second kappa shape index (κ2) is 6.81. The fourth-order valence-corrected chi connectivity index (χ4v) is 4.22. The zero-order chi connectivity index (χ0) is 16.3. The van der Waals surface area contributed by atoms with Crippen molar-refractivity contribution in [3.05, 3.63) is 51.2 Å². The van der Waals surface area contributed by atoms with E-state index in [1.165, 1.54) is 29.2 Å². The van der Waals surface area contributed by atoms with Crippen molar-refractivity contribution in [2.75, 3.05) is 12.8 Å². The first-order valence-electron chi connectivity index (χ1n) is 6.55. The third-order valence-electron chi connectivity index (χ3n) is 3.26. The van der Waals surface area contributed by atoms with Gasteiger partial charge in [0.2, 0.25) is 5.91 Å². The van der Waals surface area contributed by atoms with Crippen molar-refractivity contribution < 1.29 is 13.2 Å². The molecule has 118 valence electrons. The molecule has 0 aliphatic heterocycles. The van der Waals surface area contributed by atoms with Gasteiger partial charge in [-0.1, -0.05) is 11.6 Å². The number of halogens is 1. The largest absolute Gasteiger partial charge is 0.340 e. The molecule has 0 saturated carbocycles. The zero-order valence-corrected chi connectivity index (χ0v) is 14.6. The molecule has 7 heteroatoms. The van der Waals surface area contributed by atoms with Crippen molar-refractivity contribution >= 4 is 38.7 Å². The number of carbonyl (C=O) groups is 1. The fourth-order valence-electron chi connectivity index (χ4n) is 1.87. The van der Waals surface area contributed by atoms with E-state index in [-0.39, 0.29) is 4.90 Å². The van der Waals surface area contributed by atoms with Crippen LogP contribution >= 0.6 is 22.9 Å². The average molecular weight is 358 g/mol. The van der Waals surface area contributed by atoms with Gasteiger partial charge in [-0.3, -0.25) is 4.79 Å². The van der Waals surface area contributed by atoms with Crippen molar-refractivity contribution in [3.63, 3.8) is 0 Å². The molecule has 2 aromatic rings. The highest BCUT2D eigenvalue weighted by atomic mass is 35.5. The Morgan fingerprint density at radius 1 is 1.23 bits per heavy atom. The van der Waals surface area contributed by atoms with Crippen LogP contribution in [-0.4, -0.2) is 32.0 Å². The molecule has 0 radical (unpaired) electrons. The van der Waals surface area contributed by atoms with Crippen LogP contribution in [0.15, 0.2) is 40.6 Å². The highest BCUT2D eigenvalue weighted by Gasteiger charge is 2.22. The smallest absolute Gasteiger partial charge is 0.238 e. The maximum atomic E-state index is 12.2. The number of hydrogen-bond donors (Lipinski definition) is 0. The van der Waals surface area contributed by atoms with Crippen LogP contribution in [0, 0.1) is 6.92 Å². The van der Waals surface area contributed by atoms with Crippen LogP contribution in [0.2, 0.25) is 5.02 Å². The highest BCUT2D eigenvalue weighted by Crippen LogP contribution is 2.19. The molecule has 1 heterocycles. The van der Waals surface area contributed by atoms with Crippen molar-refractivity contribution in [1.29, 1.82) is 0 Å². The van der Waals surface area contributed by atoms with Crippen LogP contribution in [0.1, 0.15) is 10.4 Å². The van der Waals surface area contributed by atoms with Gasteiger partial charge >= 0.3 is 0 Å². The van der Waals surface area contributed by atoms with Crippen LogP contribution in [0.3, 0.4) is 0 Å². The number of amides is 1. The normalized spacial score (nSPS) is 11.4. The standard InChI is InChI=1S/C15H16ClNO3S2/c1-11-7-8-21-14(11)9-17(2)15(18)10-22(19,20)13-5-3-12(16)4-6-13/h3-8H,9-10H2,1-2H3. The van der Waals surface area contributed by atoms with E-state index in [0.29, 0.717) is 11.6 Å². The summed E-state index contributed by atoms with van der Waals surface area (Å²) >= 11 is 7.30. The van der Waals surface area contributed by atoms with Gasteiger partial charge in [-0.25, -0.2) is 8.42 Å². The Labute approximate surface area is 139 Å². The summed E-state index contributed by atoms with van der Waals surface area (Å²) in [5, 5.41) is 2.41. The molecular formula is C15H16ClNO3S2. The third kappa shape index (κ3) is 4.09. The van der Waals surface area contributed by atoms with Crippen molar-refractivity contribution in [3.8, 4) is 0 Å². The summed E-state index contributed by atoms with van der Waals surface area (Å²) in [6, 6.07) is 7.79. The lowest BCUT2D eigenvalue weighted by Gasteiger charge is -2.17. The van der Waals surface area contributed by atoms with E-state index in [2.05, 4.69) is 0 Å². The number of nitrogens with zero attached hydrogens (tertiary/aromatic N) is 1. The number of thiophene rings is 1. The van der Waals surface area contributed by atoms with E-state index >= 15 is 0 Å². The molecule has 0 bridgehead atoms. The van der Waals surface area contributed by atoms with Crippen molar-refractivity contribution in [2.24, 2.45) is 0 Å². The van der Waals surface area contributed by atoms with Gasteiger partial charge in [-0.2, -0.15) is 0 Å². The van der Waals surface area contributed by atoms with Gasteiger partial charge in [0.25, 0.3) is 0 Å². The van der Waals surface area contributed by atoms with E-state index in [0.717, 1.165) is 10.4 Å². The summed E-state index contributed by atoms with van der Waals surface area (Å²) in [7, 11) is -2.05. The van der Waals surface area contributed by atoms with Crippen LogP contribution in [0.25, 0.3) is 0 Å². The minimum absolute atomic E-state index is 0.103. The maximum absolute atomic E-state index is 12.2. The molecule has 0 saturated heterocycles. The predicted octanol–water partition coefficient (Wildman–Crippen LogP) is 3.14. The Morgan fingerprint density at radius 2 is 1.86 bits per heavy atom. The van der Waals surface area contributed by atoms with Crippen LogP contribution in [-0.2, 0) is 21.2 Å². The quantitative estimate of drug-likeness (QED) is 0.826. The Kier molecular flexibility index (Phi) is 5.26. The molecule has 4 nitrogen and oxygen atoms in total. The Bertz CT molecular complexity index is 766. The van der Waals surface area contributed by atoms with Gasteiger partial charge < -0.3 is 4.90 Å². The topological polar surface area (TPSA) is 54.5 Å². The summed E-state index contributed by atoms with van der Waals surface area (Å²) in [6.45, 7) is 2.38. The van der Waals surface area contributed by atoms with Gasteiger partial charge in [-0.05, 0) is 48.2 Å². The van der Waals surface area contributed by atoms with Crippen LogP contribution in [0.4, 0.5) is 0 Å². The number of rotatable bonds is 5. The molecule has 1 amide bonds. The predicted molar refractivity (Wildman–Crippen MR) is 89.0 cm³/mol. The van der Waals surface area contributed by atoms with Gasteiger partial charge in [0.05, 0.1) is 11.4 Å². The van der Waals surface area contributed by atoms with E-state index < -0.39 is 21.5 Å². The number of aryl methyl sites for hydroxylation is 1. The van der Waals surface area contributed by atoms with Gasteiger partial charge in [-0.15, -0.1) is 11.3 Å². The summed E-state index contributed by atoms with van der Waals surface area (Å²) in [5.74, 6) is -0.974. The lowest BCUT2D eigenvalue weighted by molar-refractivity contribution is -0.127. The lowest BCUT2D eigenvalue weighted by atomic mass is 10.3. The second-order valence-corrected chi connectivity index (χ2v) is 8.42. The molecule has 1 aromatic carbocycles. The molecule has 0 spiro atoms. The molecule has 0 aliphatic rings. The first-order chi connectivity index (χ1) is 10.3. The Balaban J connectivity index is 2.07. The van der Waals surface area contributed by atoms with Gasteiger partial charge in [0.1, 0.15) is 5.75 Å². The Hall–Kier alpha value is -1.37. The van der Waals surface area contributed by atoms with Gasteiger partial charge in [0.15, 0.2) is 9.84 Å². The van der Waals surface area contributed by atoms with Crippen molar-refractivity contribution in [1.82, 2.24) is 4.90 Å². The minimum Gasteiger partial charge on any atom is -0.340 e. The van der Waals surface area contributed by atoms with Crippen LogP contribution in [0.5, 0.6) is 0 Å². The van der Waals surface area contributed by atoms with Gasteiger partial charge in [0, 0.05) is 16.9 Å². The maximum Gasteiger partial charge on any atom is 0.238 e. The molecule has 22 heavy (non-hydrogen) atoms. The van der Waals surface area contributed by atoms with E-state index in [1.54, 1.807) is 18.4 Å². The van der Waals surface area contributed by atoms with Crippen molar-refractivity contribution in [2.45, 2.75) is 18.4 Å². The second-order valence-electron chi connectivity index (χ2n) is 4.99. The number of sulfone groups is 1. The SMILES string of the molecule is Cc1ccsc1CN(C)C(=O)CS(=O)(=O)c1ccc(Cl)cc1. The number of carbonyl (C=O) groups excluding carboxylic acids is 1. The zero-order valence-electron chi connectivity index (χ0n) is 12.2. The Morgan fingerprint density at radius 3 is 2.41 bits per heavy atom. The molecule has 0 aliphatic carbocycles. The van der Waals surface area contributed by atoms with E-state index in [1.807, 2.05) is 18.4 Å². The molecule has 0 fully saturated rings. The van der Waals surface area contributed by atoms with E-state index in [4.69, 9.17) is 11.6 Å². The first-order valence-corrected chi connectivity index (χ1v) is 9.46.